The van der Waals surface area contributed by atoms with Crippen LogP contribution in [0.5, 0.6) is 0 Å². The number of Topliss-reactive ketones (excluding diaryl/α,β-unsaturated/α-hetero) is 1. The van der Waals surface area contributed by atoms with Gasteiger partial charge in [-0.2, -0.15) is 0 Å². The number of nitrogens with two attached hydrogens (primary N) is 1. The summed E-state index contributed by atoms with van der Waals surface area (Å²) >= 11 is 1.39. The Kier molecular flexibility index (Phi) is 9.82. The summed E-state index contributed by atoms with van der Waals surface area (Å²) < 4.78 is 46.7. The Balaban J connectivity index is 1.16. The molecule has 1 aliphatic heterocycles. The van der Waals surface area contributed by atoms with Crippen LogP contribution < -0.4 is 5.73 Å². The highest BCUT2D eigenvalue weighted by Crippen LogP contribution is 2.38. The maximum Gasteiger partial charge on any atom is 0.217 e. The molecule has 7 rings (SSSR count). The number of pyridine rings is 1. The van der Waals surface area contributed by atoms with Crippen molar-refractivity contribution in [2.75, 3.05) is 19.6 Å². The molecular formula is C41H38F3N5O2S. The molecule has 0 atom stereocenters. The molecule has 4 heterocycles. The van der Waals surface area contributed by atoms with Crippen LogP contribution in [0.25, 0.3) is 38.7 Å². The van der Waals surface area contributed by atoms with Gasteiger partial charge in [0.2, 0.25) is 5.91 Å². The number of hydrogen-bond donors (Lipinski definition) is 1. The molecule has 0 spiro atoms. The predicted octanol–water partition coefficient (Wildman–Crippen LogP) is 8.61. The topological polar surface area (TPSA) is 93.6 Å². The van der Waals surface area contributed by atoms with Crippen molar-refractivity contribution in [1.82, 2.24) is 19.3 Å². The third-order valence-corrected chi connectivity index (χ3v) is 11.1. The number of ketones is 1. The Hall–Kier alpha value is -5.13. The molecule has 52 heavy (non-hydrogen) atoms. The number of amides is 1. The van der Waals surface area contributed by atoms with Crippen molar-refractivity contribution < 1.29 is 22.8 Å². The molecule has 1 saturated heterocycles. The first-order chi connectivity index (χ1) is 25.0. The van der Waals surface area contributed by atoms with E-state index in [0.29, 0.717) is 63.1 Å². The zero-order chi connectivity index (χ0) is 36.7. The van der Waals surface area contributed by atoms with E-state index in [2.05, 4.69) is 4.90 Å². The van der Waals surface area contributed by atoms with E-state index < -0.39 is 17.5 Å². The first kappa shape index (κ1) is 35.3. The minimum atomic E-state index is -0.470. The fourth-order valence-corrected chi connectivity index (χ4v) is 7.92. The molecule has 0 bridgehead atoms. The molecule has 0 radical (unpaired) electrons. The van der Waals surface area contributed by atoms with Crippen LogP contribution in [0.15, 0.2) is 72.2 Å². The molecule has 1 aliphatic rings. The molecule has 7 nitrogen and oxygen atoms in total. The number of carbonyl (C=O) groups excluding carboxylic acids is 2. The number of fused-ring (bicyclic) bond motifs is 1. The van der Waals surface area contributed by atoms with Crippen LogP contribution in [0.3, 0.4) is 0 Å². The molecule has 0 unspecified atom stereocenters. The van der Waals surface area contributed by atoms with Crippen molar-refractivity contribution in [3.05, 3.63) is 123 Å². The smallest absolute Gasteiger partial charge is 0.217 e. The van der Waals surface area contributed by atoms with Crippen LogP contribution in [0.2, 0.25) is 0 Å². The van der Waals surface area contributed by atoms with Crippen LogP contribution in [0.4, 0.5) is 13.2 Å². The van der Waals surface area contributed by atoms with Crippen molar-refractivity contribution in [2.45, 2.75) is 52.4 Å². The maximum absolute atomic E-state index is 16.5. The van der Waals surface area contributed by atoms with E-state index in [-0.39, 0.29) is 42.5 Å². The lowest BCUT2D eigenvalue weighted by atomic mass is 9.90. The molecule has 3 aromatic heterocycles. The number of aromatic nitrogens is 3. The summed E-state index contributed by atoms with van der Waals surface area (Å²) in [6.07, 6.45) is 3.91. The molecule has 1 amide bonds. The van der Waals surface area contributed by atoms with Crippen LogP contribution in [0.1, 0.15) is 63.5 Å². The van der Waals surface area contributed by atoms with Gasteiger partial charge in [-0.1, -0.05) is 18.2 Å². The van der Waals surface area contributed by atoms with Crippen molar-refractivity contribution in [1.29, 1.82) is 0 Å². The summed E-state index contributed by atoms with van der Waals surface area (Å²) in [6, 6.07) is 17.0. The Bertz CT molecular complexity index is 2320. The number of thiazole rings is 1. The third-order valence-electron chi connectivity index (χ3n) is 10.2. The van der Waals surface area contributed by atoms with Gasteiger partial charge in [-0.3, -0.25) is 18.9 Å². The maximum atomic E-state index is 16.5. The Morgan fingerprint density at radius 2 is 1.60 bits per heavy atom. The van der Waals surface area contributed by atoms with E-state index in [4.69, 9.17) is 15.7 Å². The summed E-state index contributed by atoms with van der Waals surface area (Å²) in [5.41, 5.74) is 12.7. The molecule has 3 aromatic carbocycles. The van der Waals surface area contributed by atoms with Gasteiger partial charge < -0.3 is 5.73 Å². The van der Waals surface area contributed by atoms with Gasteiger partial charge in [-0.15, -0.1) is 11.3 Å². The summed E-state index contributed by atoms with van der Waals surface area (Å²) in [4.78, 5) is 36.4. The molecule has 0 aliphatic carbocycles. The minimum Gasteiger partial charge on any atom is -0.370 e. The number of likely N-dealkylation sites (tertiary alicyclic amines) is 1. The number of carbonyl (C=O) groups is 2. The fourth-order valence-electron chi connectivity index (χ4n) is 7.01. The van der Waals surface area contributed by atoms with Crippen molar-refractivity contribution in [3.8, 4) is 33.1 Å². The molecule has 266 valence electrons. The van der Waals surface area contributed by atoms with Crippen molar-refractivity contribution >= 4 is 28.7 Å². The largest absolute Gasteiger partial charge is 0.370 e. The van der Waals surface area contributed by atoms with Gasteiger partial charge in [0, 0.05) is 41.1 Å². The predicted molar refractivity (Wildman–Crippen MR) is 198 cm³/mol. The summed E-state index contributed by atoms with van der Waals surface area (Å²) in [6.45, 7) is 6.75. The van der Waals surface area contributed by atoms with Gasteiger partial charge in [0.25, 0.3) is 0 Å². The van der Waals surface area contributed by atoms with Gasteiger partial charge in [0.05, 0.1) is 29.2 Å². The number of halogens is 3. The Morgan fingerprint density at radius 1 is 0.865 bits per heavy atom. The van der Waals surface area contributed by atoms with Crippen LogP contribution in [-0.4, -0.2) is 50.6 Å². The van der Waals surface area contributed by atoms with Crippen molar-refractivity contribution in [3.63, 3.8) is 0 Å². The van der Waals surface area contributed by atoms with Crippen LogP contribution >= 0.6 is 11.3 Å². The van der Waals surface area contributed by atoms with E-state index >= 15 is 4.39 Å². The number of aryl methyl sites for hydroxylation is 2. The van der Waals surface area contributed by atoms with Gasteiger partial charge in [-0.25, -0.2) is 23.1 Å². The average Bonchev–Trinajstić information content (AvgIpc) is 3.76. The average molecular weight is 722 g/mol. The summed E-state index contributed by atoms with van der Waals surface area (Å²) in [5, 5.41) is 2.51. The Labute approximate surface area is 304 Å². The van der Waals surface area contributed by atoms with E-state index in [1.54, 1.807) is 44.2 Å². The number of primary amides is 1. The number of imidazole rings is 1. The Morgan fingerprint density at radius 3 is 2.33 bits per heavy atom. The molecule has 1 fully saturated rings. The number of piperidine rings is 1. The SMILES string of the molecule is Cc1ccc(C(=O)CN2CCC(c3ccc4nc(CCC(N)=O)c(-c5ccc(-c6nc(-c7ccc(F)cc7)cs6)c(C)c5F)n4c3)CC2)c(F)c1C. The summed E-state index contributed by atoms with van der Waals surface area (Å²) in [7, 11) is 0. The van der Waals surface area contributed by atoms with E-state index in [0.717, 1.165) is 29.5 Å². The van der Waals surface area contributed by atoms with E-state index in [1.807, 2.05) is 41.1 Å². The highest BCUT2D eigenvalue weighted by Gasteiger charge is 2.26. The molecule has 6 aromatic rings. The van der Waals surface area contributed by atoms with Crippen LogP contribution in [-0.2, 0) is 11.2 Å². The second-order valence-electron chi connectivity index (χ2n) is 13.6. The summed E-state index contributed by atoms with van der Waals surface area (Å²) in [5.74, 6) is -1.70. The number of rotatable bonds is 10. The third kappa shape index (κ3) is 6.90. The lowest BCUT2D eigenvalue weighted by Gasteiger charge is -2.31. The number of benzene rings is 3. The van der Waals surface area contributed by atoms with E-state index in [1.165, 1.54) is 23.5 Å². The fraction of sp³-hybridized carbons (Fsp3) is 0.268. The van der Waals surface area contributed by atoms with Crippen molar-refractivity contribution in [2.24, 2.45) is 5.73 Å². The van der Waals surface area contributed by atoms with Gasteiger partial charge >= 0.3 is 0 Å². The second-order valence-corrected chi connectivity index (χ2v) is 14.4. The van der Waals surface area contributed by atoms with Crippen LogP contribution in [0, 0.1) is 38.2 Å². The van der Waals surface area contributed by atoms with E-state index in [9.17, 15) is 18.4 Å². The normalized spacial score (nSPS) is 14.0. The number of hydrogen-bond acceptors (Lipinski definition) is 6. The van der Waals surface area contributed by atoms with Gasteiger partial charge in [-0.05, 0) is 117 Å². The standard InChI is InChI=1S/C41H38F3N5O2S/c1-23-4-10-31(38(43)24(23)2)35(50)21-48-18-16-26(17-19-48)28-7-15-37-46-33(13-14-36(45)51)40(49(37)20-28)32-12-11-30(25(3)39(32)44)41-47-34(22-52-41)27-5-8-29(42)9-6-27/h4-12,15,20,22,26H,13-14,16-19,21H2,1-3H3,(H2,45,51). The highest BCUT2D eigenvalue weighted by atomic mass is 32.1. The number of nitrogens with zero attached hydrogens (tertiary/aromatic N) is 4. The zero-order valence-corrected chi connectivity index (χ0v) is 30.0. The monoisotopic (exact) mass is 721 g/mol. The highest BCUT2D eigenvalue weighted by molar-refractivity contribution is 7.13. The van der Waals surface area contributed by atoms with Gasteiger partial charge in [0.15, 0.2) is 5.78 Å². The quantitative estimate of drug-likeness (QED) is 0.143. The lowest BCUT2D eigenvalue weighted by molar-refractivity contribution is -0.118. The van der Waals surface area contributed by atoms with Gasteiger partial charge in [0.1, 0.15) is 28.1 Å². The molecule has 2 N–H and O–H groups in total. The first-order valence-electron chi connectivity index (χ1n) is 17.3. The first-order valence-corrected chi connectivity index (χ1v) is 18.2. The molecule has 0 saturated carbocycles. The second kappa shape index (κ2) is 14.5. The zero-order valence-electron chi connectivity index (χ0n) is 29.2. The lowest BCUT2D eigenvalue weighted by Crippen LogP contribution is -2.37. The minimum absolute atomic E-state index is 0.0664. The molecule has 11 heteroatoms. The molecular weight excluding hydrogens is 684 g/mol.